The number of hydrogen-bond acceptors (Lipinski definition) is 1. The average molecular weight is 399 g/mol. The van der Waals surface area contributed by atoms with Crippen molar-refractivity contribution in [2.45, 2.75) is 39.2 Å². The molecule has 0 saturated heterocycles. The molecule has 0 atom stereocenters. The van der Waals surface area contributed by atoms with Crippen LogP contribution in [0.15, 0.2) is 41.9 Å². The summed E-state index contributed by atoms with van der Waals surface area (Å²) in [5.74, 6) is 0. The summed E-state index contributed by atoms with van der Waals surface area (Å²) in [5.41, 5.74) is 1.28. The van der Waals surface area contributed by atoms with Gasteiger partial charge in [-0.1, -0.05) is 25.8 Å². The zero-order chi connectivity index (χ0) is 13.3. The van der Waals surface area contributed by atoms with Gasteiger partial charge in [-0.15, -0.1) is 11.3 Å². The van der Waals surface area contributed by atoms with E-state index < -0.39 is 0 Å². The van der Waals surface area contributed by atoms with Gasteiger partial charge in [0, 0.05) is 29.5 Å². The summed E-state index contributed by atoms with van der Waals surface area (Å²) in [7, 11) is 0. The molecule has 2 aromatic rings. The topological polar surface area (TPSA) is 3.88 Å². The first-order valence-corrected chi connectivity index (χ1v) is 7.98. The van der Waals surface area contributed by atoms with E-state index in [4.69, 9.17) is 0 Å². The van der Waals surface area contributed by atoms with Crippen molar-refractivity contribution in [3.8, 4) is 0 Å². The molecule has 0 aliphatic carbocycles. The molecule has 0 amide bonds. The Hall–Kier alpha value is -0.680. The normalized spacial score (nSPS) is 10.7. The molecule has 108 valence electrons. The van der Waals surface area contributed by atoms with Crippen molar-refractivity contribution in [2.75, 3.05) is 0 Å². The van der Waals surface area contributed by atoms with Gasteiger partial charge in [-0.05, 0) is 30.0 Å². The van der Waals surface area contributed by atoms with Crippen LogP contribution < -0.4 is 28.5 Å². The molecular formula is C17H22INS. The zero-order valence-electron chi connectivity index (χ0n) is 12.0. The zero-order valence-corrected chi connectivity index (χ0v) is 14.9. The summed E-state index contributed by atoms with van der Waals surface area (Å²) < 4.78 is 2.35. The molecule has 2 rings (SSSR count). The van der Waals surface area contributed by atoms with Crippen molar-refractivity contribution >= 4 is 23.5 Å². The van der Waals surface area contributed by atoms with Crippen molar-refractivity contribution in [3.05, 3.63) is 52.5 Å². The highest BCUT2D eigenvalue weighted by Crippen LogP contribution is 2.12. The van der Waals surface area contributed by atoms with Crippen LogP contribution in [0.2, 0.25) is 0 Å². The molecule has 2 heterocycles. The standard InChI is InChI=1S/C17H22NS.HI/c1-2-3-4-6-13-18-14-7-5-9-16(18)11-12-17-10-8-15-19-17;/h5,7-12,14-15H,2-4,6,13H2,1H3;1H/q+1;/p-1/b12-11-;. The van der Waals surface area contributed by atoms with E-state index in [9.17, 15) is 0 Å². The fraction of sp³-hybridized carbons (Fsp3) is 0.353. The molecule has 0 radical (unpaired) electrons. The predicted octanol–water partition coefficient (Wildman–Crippen LogP) is 1.79. The first-order chi connectivity index (χ1) is 9.40. The Labute approximate surface area is 143 Å². The number of aromatic nitrogens is 1. The number of nitrogens with zero attached hydrogens (tertiary/aromatic N) is 1. The van der Waals surface area contributed by atoms with Crippen LogP contribution in [0.1, 0.15) is 43.2 Å². The van der Waals surface area contributed by atoms with Crippen molar-refractivity contribution in [1.82, 2.24) is 0 Å². The second kappa shape index (κ2) is 10.1. The average Bonchev–Trinajstić information content (AvgIpc) is 2.96. The molecule has 0 aliphatic rings. The number of rotatable bonds is 7. The molecule has 0 spiro atoms. The van der Waals surface area contributed by atoms with Crippen LogP contribution in [0.25, 0.3) is 12.2 Å². The fourth-order valence-corrected chi connectivity index (χ4v) is 2.73. The highest BCUT2D eigenvalue weighted by atomic mass is 127. The van der Waals surface area contributed by atoms with Crippen LogP contribution in [0.3, 0.4) is 0 Å². The molecule has 0 aliphatic heterocycles. The molecule has 0 N–H and O–H groups in total. The maximum absolute atomic E-state index is 2.35. The predicted molar refractivity (Wildman–Crippen MR) is 84.0 cm³/mol. The lowest BCUT2D eigenvalue weighted by Crippen LogP contribution is -3.00. The highest BCUT2D eigenvalue weighted by molar-refractivity contribution is 7.10. The maximum Gasteiger partial charge on any atom is 0.205 e. The Bertz CT molecular complexity index is 505. The van der Waals surface area contributed by atoms with Gasteiger partial charge in [0.15, 0.2) is 6.20 Å². The number of halogens is 1. The molecule has 1 nitrogen and oxygen atoms in total. The Morgan fingerprint density at radius 2 is 1.95 bits per heavy atom. The molecule has 0 aromatic carbocycles. The number of aryl methyl sites for hydroxylation is 1. The Morgan fingerprint density at radius 3 is 2.70 bits per heavy atom. The molecule has 0 fully saturated rings. The van der Waals surface area contributed by atoms with E-state index in [1.54, 1.807) is 11.3 Å². The molecule has 0 unspecified atom stereocenters. The molecule has 3 heteroatoms. The number of hydrogen-bond donors (Lipinski definition) is 0. The first-order valence-electron chi connectivity index (χ1n) is 7.10. The lowest BCUT2D eigenvalue weighted by Gasteiger charge is -2.00. The van der Waals surface area contributed by atoms with Crippen molar-refractivity contribution < 1.29 is 28.5 Å². The molecule has 0 saturated carbocycles. The van der Waals surface area contributed by atoms with Gasteiger partial charge in [0.1, 0.15) is 6.54 Å². The summed E-state index contributed by atoms with van der Waals surface area (Å²) in [5, 5.41) is 2.11. The Morgan fingerprint density at radius 1 is 1.05 bits per heavy atom. The van der Waals surface area contributed by atoms with E-state index in [0.717, 1.165) is 6.54 Å². The Balaban J connectivity index is 0.00000200. The van der Waals surface area contributed by atoms with E-state index in [1.807, 2.05) is 0 Å². The van der Waals surface area contributed by atoms with Crippen LogP contribution in [0.5, 0.6) is 0 Å². The van der Waals surface area contributed by atoms with Gasteiger partial charge in [0.25, 0.3) is 0 Å². The molecular weight excluding hydrogens is 377 g/mol. The quantitative estimate of drug-likeness (QED) is 0.380. The molecule has 2 aromatic heterocycles. The maximum atomic E-state index is 2.35. The van der Waals surface area contributed by atoms with Gasteiger partial charge >= 0.3 is 0 Å². The second-order valence-corrected chi connectivity index (χ2v) is 5.71. The van der Waals surface area contributed by atoms with E-state index in [2.05, 4.69) is 65.6 Å². The summed E-state index contributed by atoms with van der Waals surface area (Å²) in [4.78, 5) is 1.31. The minimum Gasteiger partial charge on any atom is -1.00 e. The van der Waals surface area contributed by atoms with Crippen LogP contribution >= 0.6 is 11.3 Å². The first kappa shape index (κ1) is 17.4. The van der Waals surface area contributed by atoms with E-state index >= 15 is 0 Å². The van der Waals surface area contributed by atoms with Crippen LogP contribution in [0, 0.1) is 0 Å². The van der Waals surface area contributed by atoms with Gasteiger partial charge in [-0.2, -0.15) is 4.57 Å². The van der Waals surface area contributed by atoms with Gasteiger partial charge in [-0.25, -0.2) is 0 Å². The van der Waals surface area contributed by atoms with Gasteiger partial charge in [0.05, 0.1) is 0 Å². The lowest BCUT2D eigenvalue weighted by atomic mass is 10.2. The monoisotopic (exact) mass is 399 g/mol. The number of pyridine rings is 1. The smallest absolute Gasteiger partial charge is 0.205 e. The van der Waals surface area contributed by atoms with Crippen molar-refractivity contribution in [3.63, 3.8) is 0 Å². The third-order valence-corrected chi connectivity index (χ3v) is 4.03. The second-order valence-electron chi connectivity index (χ2n) is 4.73. The third-order valence-electron chi connectivity index (χ3n) is 3.19. The lowest BCUT2D eigenvalue weighted by molar-refractivity contribution is -0.699. The highest BCUT2D eigenvalue weighted by Gasteiger charge is 2.05. The summed E-state index contributed by atoms with van der Waals surface area (Å²) in [6, 6.07) is 10.6. The van der Waals surface area contributed by atoms with Crippen LogP contribution in [0.4, 0.5) is 0 Å². The molecule has 0 bridgehead atoms. The third kappa shape index (κ3) is 5.75. The van der Waals surface area contributed by atoms with E-state index in [1.165, 1.54) is 36.3 Å². The SMILES string of the molecule is CCCCCC[n+]1ccccc1/C=C\c1cccs1.[I-]. The molecule has 20 heavy (non-hydrogen) atoms. The Kier molecular flexibility index (Phi) is 8.78. The van der Waals surface area contributed by atoms with Crippen molar-refractivity contribution in [1.29, 1.82) is 0 Å². The van der Waals surface area contributed by atoms with Gasteiger partial charge in [-0.3, -0.25) is 0 Å². The van der Waals surface area contributed by atoms with Crippen LogP contribution in [-0.2, 0) is 6.54 Å². The summed E-state index contributed by atoms with van der Waals surface area (Å²) in [6.45, 7) is 3.37. The number of unbranched alkanes of at least 4 members (excludes halogenated alkanes) is 3. The minimum absolute atomic E-state index is 0. The van der Waals surface area contributed by atoms with Crippen LogP contribution in [-0.4, -0.2) is 0 Å². The fourth-order valence-electron chi connectivity index (χ4n) is 2.11. The summed E-state index contributed by atoms with van der Waals surface area (Å²) in [6.07, 6.45) is 11.8. The van der Waals surface area contributed by atoms with Gasteiger partial charge < -0.3 is 24.0 Å². The largest absolute Gasteiger partial charge is 1.00 e. The van der Waals surface area contributed by atoms with E-state index in [-0.39, 0.29) is 24.0 Å². The van der Waals surface area contributed by atoms with Crippen molar-refractivity contribution in [2.24, 2.45) is 0 Å². The van der Waals surface area contributed by atoms with E-state index in [0.29, 0.717) is 0 Å². The van der Waals surface area contributed by atoms with Gasteiger partial charge in [0.2, 0.25) is 5.69 Å². The minimum atomic E-state index is 0. The number of thiophene rings is 1. The summed E-state index contributed by atoms with van der Waals surface area (Å²) >= 11 is 1.78.